The summed E-state index contributed by atoms with van der Waals surface area (Å²) >= 11 is 0. The molecular formula is C28H40N2O3. The first-order valence-electron chi connectivity index (χ1n) is 12.5. The zero-order valence-electron chi connectivity index (χ0n) is 20.3. The van der Waals surface area contributed by atoms with Crippen molar-refractivity contribution in [3.8, 4) is 23.7 Å². The van der Waals surface area contributed by atoms with Gasteiger partial charge < -0.3 is 10.1 Å². The first-order chi connectivity index (χ1) is 16.2. The van der Waals surface area contributed by atoms with Crippen LogP contribution in [-0.2, 0) is 9.53 Å². The molecule has 0 aliphatic carbocycles. The van der Waals surface area contributed by atoms with Crippen molar-refractivity contribution in [2.45, 2.75) is 96.8 Å². The summed E-state index contributed by atoms with van der Waals surface area (Å²) < 4.78 is 5.01. The Morgan fingerprint density at radius 2 is 1.36 bits per heavy atom. The van der Waals surface area contributed by atoms with Gasteiger partial charge in [0.05, 0.1) is 12.1 Å². The molecule has 0 aliphatic heterocycles. The van der Waals surface area contributed by atoms with Crippen molar-refractivity contribution in [2.24, 2.45) is 0 Å². The number of hydrogen-bond donors (Lipinski definition) is 1. The normalized spacial score (nSPS) is 9.85. The van der Waals surface area contributed by atoms with Gasteiger partial charge in [-0.15, -0.1) is 0 Å². The fraction of sp³-hybridized carbons (Fsp3) is 0.607. The number of nitrogens with one attached hydrogen (secondary N) is 1. The maximum absolute atomic E-state index is 11.8. The Labute approximate surface area is 200 Å². The summed E-state index contributed by atoms with van der Waals surface area (Å²) in [6.07, 6.45) is 20.5. The lowest BCUT2D eigenvalue weighted by Gasteiger charge is -2.03. The standard InChI is InChI=1S/C28H40N2O3/c1-2-3-4-5-6-7-8-9-10-11-12-13-16-19-27(31)30-22-17-14-15-18-25-33-28(32)26-20-23-29-24-21-26/h20-21,23-24H,2-13,16,19,22,25H2,1H3,(H,30,31). The fourth-order valence-corrected chi connectivity index (χ4v) is 3.38. The molecule has 1 aromatic rings. The maximum atomic E-state index is 11.8. The Balaban J connectivity index is 1.90. The third-order valence-corrected chi connectivity index (χ3v) is 5.31. The van der Waals surface area contributed by atoms with E-state index in [1.165, 1.54) is 83.0 Å². The molecule has 5 nitrogen and oxygen atoms in total. The van der Waals surface area contributed by atoms with Gasteiger partial charge in [0.2, 0.25) is 5.91 Å². The van der Waals surface area contributed by atoms with E-state index in [0.717, 1.165) is 12.8 Å². The molecule has 0 saturated carbocycles. The second kappa shape index (κ2) is 21.1. The Morgan fingerprint density at radius 1 is 0.818 bits per heavy atom. The van der Waals surface area contributed by atoms with Crippen molar-refractivity contribution < 1.29 is 14.3 Å². The SMILES string of the molecule is CCCCCCCCCCCCCCCC(=O)NCC#CC#CCOC(=O)c1ccncc1. The third-order valence-electron chi connectivity index (χ3n) is 5.31. The van der Waals surface area contributed by atoms with Crippen LogP contribution < -0.4 is 5.32 Å². The molecule has 0 fully saturated rings. The minimum absolute atomic E-state index is 0.0265. The summed E-state index contributed by atoms with van der Waals surface area (Å²) in [5, 5.41) is 2.79. The Kier molecular flexibility index (Phi) is 18.0. The van der Waals surface area contributed by atoms with E-state index in [9.17, 15) is 9.59 Å². The molecule has 33 heavy (non-hydrogen) atoms. The van der Waals surface area contributed by atoms with Crippen molar-refractivity contribution in [1.82, 2.24) is 10.3 Å². The quantitative estimate of drug-likeness (QED) is 0.183. The van der Waals surface area contributed by atoms with Gasteiger partial charge in [0.15, 0.2) is 6.61 Å². The van der Waals surface area contributed by atoms with E-state index in [-0.39, 0.29) is 19.1 Å². The van der Waals surface area contributed by atoms with Crippen molar-refractivity contribution >= 4 is 11.9 Å². The van der Waals surface area contributed by atoms with Gasteiger partial charge in [0.25, 0.3) is 0 Å². The van der Waals surface area contributed by atoms with Crippen LogP contribution in [0.3, 0.4) is 0 Å². The van der Waals surface area contributed by atoms with Crippen LogP contribution >= 0.6 is 0 Å². The smallest absolute Gasteiger partial charge is 0.339 e. The highest BCUT2D eigenvalue weighted by Crippen LogP contribution is 2.12. The van der Waals surface area contributed by atoms with Crippen LogP contribution in [0.1, 0.15) is 107 Å². The van der Waals surface area contributed by atoms with Crippen molar-refractivity contribution in [1.29, 1.82) is 0 Å². The minimum Gasteiger partial charge on any atom is -0.449 e. The number of ether oxygens (including phenoxy) is 1. The molecule has 180 valence electrons. The van der Waals surface area contributed by atoms with Gasteiger partial charge >= 0.3 is 5.97 Å². The molecule has 0 radical (unpaired) electrons. The number of hydrogen-bond acceptors (Lipinski definition) is 4. The number of esters is 1. The number of amides is 1. The second-order valence-electron chi connectivity index (χ2n) is 8.18. The zero-order chi connectivity index (χ0) is 23.8. The van der Waals surface area contributed by atoms with Gasteiger partial charge in [-0.1, -0.05) is 89.9 Å². The molecule has 1 heterocycles. The number of pyridine rings is 1. The zero-order valence-corrected chi connectivity index (χ0v) is 20.3. The van der Waals surface area contributed by atoms with Gasteiger partial charge in [0, 0.05) is 18.8 Å². The molecule has 0 aromatic carbocycles. The monoisotopic (exact) mass is 452 g/mol. The molecule has 0 atom stereocenters. The molecule has 1 aromatic heterocycles. The van der Waals surface area contributed by atoms with Crippen LogP contribution in [0.15, 0.2) is 24.5 Å². The molecule has 0 unspecified atom stereocenters. The second-order valence-corrected chi connectivity index (χ2v) is 8.18. The maximum Gasteiger partial charge on any atom is 0.339 e. The van der Waals surface area contributed by atoms with Crippen molar-refractivity contribution in [3.63, 3.8) is 0 Å². The summed E-state index contributed by atoms with van der Waals surface area (Å²) in [6.45, 7) is 2.51. The van der Waals surface area contributed by atoms with Crippen LogP contribution in [0, 0.1) is 23.7 Å². The predicted molar refractivity (Wildman–Crippen MR) is 133 cm³/mol. The van der Waals surface area contributed by atoms with Crippen LogP contribution in [-0.4, -0.2) is 30.0 Å². The molecule has 0 spiro atoms. The fourth-order valence-electron chi connectivity index (χ4n) is 3.38. The van der Waals surface area contributed by atoms with Crippen LogP contribution in [0.4, 0.5) is 0 Å². The van der Waals surface area contributed by atoms with Crippen LogP contribution in [0.25, 0.3) is 0 Å². The van der Waals surface area contributed by atoms with Crippen molar-refractivity contribution in [2.75, 3.05) is 13.2 Å². The summed E-state index contributed by atoms with van der Waals surface area (Å²) in [4.78, 5) is 27.3. The van der Waals surface area contributed by atoms with Crippen LogP contribution in [0.5, 0.6) is 0 Å². The van der Waals surface area contributed by atoms with E-state index < -0.39 is 5.97 Å². The number of carbonyl (C=O) groups is 2. The topological polar surface area (TPSA) is 68.3 Å². The van der Waals surface area contributed by atoms with E-state index >= 15 is 0 Å². The average Bonchev–Trinajstić information content (AvgIpc) is 2.84. The highest BCUT2D eigenvalue weighted by Gasteiger charge is 2.04. The number of nitrogens with zero attached hydrogens (tertiary/aromatic N) is 1. The largest absolute Gasteiger partial charge is 0.449 e. The molecule has 1 amide bonds. The third kappa shape index (κ3) is 17.4. The van der Waals surface area contributed by atoms with Crippen molar-refractivity contribution in [3.05, 3.63) is 30.1 Å². The van der Waals surface area contributed by atoms with Gasteiger partial charge in [-0.05, 0) is 36.3 Å². The molecule has 0 bridgehead atoms. The lowest BCUT2D eigenvalue weighted by atomic mass is 10.0. The lowest BCUT2D eigenvalue weighted by molar-refractivity contribution is -0.120. The molecule has 0 saturated heterocycles. The van der Waals surface area contributed by atoms with Gasteiger partial charge in [-0.3, -0.25) is 9.78 Å². The summed E-state index contributed by atoms with van der Waals surface area (Å²) in [6, 6.07) is 3.16. The minimum atomic E-state index is -0.444. The first kappa shape index (κ1) is 28.2. The Morgan fingerprint density at radius 3 is 1.97 bits per heavy atom. The summed E-state index contributed by atoms with van der Waals surface area (Å²) in [7, 11) is 0. The number of carbonyl (C=O) groups excluding carboxylic acids is 2. The van der Waals surface area contributed by atoms with E-state index in [2.05, 4.69) is 40.9 Å². The number of unbranched alkanes of at least 4 members (excludes halogenated alkanes) is 12. The average molecular weight is 453 g/mol. The molecular weight excluding hydrogens is 412 g/mol. The van der Waals surface area contributed by atoms with E-state index in [1.807, 2.05) is 0 Å². The molecule has 1 N–H and O–H groups in total. The summed E-state index contributed by atoms with van der Waals surface area (Å²) in [5.74, 6) is 10.3. The van der Waals surface area contributed by atoms with Gasteiger partial charge in [-0.25, -0.2) is 4.79 Å². The van der Waals surface area contributed by atoms with Crippen LogP contribution in [0.2, 0.25) is 0 Å². The summed E-state index contributed by atoms with van der Waals surface area (Å²) in [5.41, 5.74) is 0.434. The Bertz CT molecular complexity index is 769. The molecule has 0 aliphatic rings. The van der Waals surface area contributed by atoms with Gasteiger partial charge in [0.1, 0.15) is 0 Å². The van der Waals surface area contributed by atoms with E-state index in [0.29, 0.717) is 12.0 Å². The highest BCUT2D eigenvalue weighted by atomic mass is 16.5. The number of rotatable bonds is 17. The predicted octanol–water partition coefficient (Wildman–Crippen LogP) is 5.84. The Hall–Kier alpha value is -2.79. The number of aromatic nitrogens is 1. The first-order valence-corrected chi connectivity index (χ1v) is 12.5. The molecule has 1 rings (SSSR count). The van der Waals surface area contributed by atoms with Gasteiger partial charge in [-0.2, -0.15) is 0 Å². The van der Waals surface area contributed by atoms with E-state index in [4.69, 9.17) is 4.74 Å². The molecule has 5 heteroatoms. The highest BCUT2D eigenvalue weighted by molar-refractivity contribution is 5.89. The van der Waals surface area contributed by atoms with E-state index in [1.54, 1.807) is 12.1 Å². The lowest BCUT2D eigenvalue weighted by Crippen LogP contribution is -2.23.